The van der Waals surface area contributed by atoms with Crippen LogP contribution < -0.4 is 11.1 Å². The molecule has 0 atom stereocenters. The number of oxazole rings is 1. The second-order valence-electron chi connectivity index (χ2n) is 5.96. The van der Waals surface area contributed by atoms with E-state index in [2.05, 4.69) is 20.4 Å². The Balaban J connectivity index is 1.54. The van der Waals surface area contributed by atoms with Crippen LogP contribution in [0.5, 0.6) is 0 Å². The number of rotatable bonds is 4. The Bertz CT molecular complexity index is 1080. The van der Waals surface area contributed by atoms with Crippen molar-refractivity contribution < 1.29 is 9.21 Å². The van der Waals surface area contributed by atoms with Crippen molar-refractivity contribution in [2.75, 3.05) is 11.1 Å². The van der Waals surface area contributed by atoms with E-state index < -0.39 is 0 Å². The smallest absolute Gasteiger partial charge is 0.274 e. The number of nitrogens with one attached hydrogen (secondary N) is 1. The van der Waals surface area contributed by atoms with Crippen LogP contribution in [0.25, 0.3) is 22.5 Å². The lowest BCUT2D eigenvalue weighted by atomic mass is 10.1. The van der Waals surface area contributed by atoms with Crippen LogP contribution in [-0.4, -0.2) is 25.7 Å². The van der Waals surface area contributed by atoms with E-state index in [1.807, 2.05) is 19.3 Å². The molecule has 1 aromatic carbocycles. The normalized spacial score (nSPS) is 10.7. The number of pyridine rings is 1. The van der Waals surface area contributed by atoms with Gasteiger partial charge in [0, 0.05) is 36.1 Å². The highest BCUT2D eigenvalue weighted by Crippen LogP contribution is 2.27. The molecule has 0 fully saturated rings. The Morgan fingerprint density at radius 3 is 2.63 bits per heavy atom. The molecule has 3 N–H and O–H groups in total. The molecule has 0 saturated carbocycles. The maximum Gasteiger partial charge on any atom is 0.274 e. The van der Waals surface area contributed by atoms with Gasteiger partial charge in [0.2, 0.25) is 0 Å². The highest BCUT2D eigenvalue weighted by atomic mass is 16.3. The molecular formula is C19H16N6O2. The van der Waals surface area contributed by atoms with E-state index in [-0.39, 0.29) is 11.6 Å². The number of carbonyl (C=O) groups excluding carboxylic acids is 1. The maximum atomic E-state index is 12.5. The van der Waals surface area contributed by atoms with Crippen molar-refractivity contribution in [3.8, 4) is 22.5 Å². The molecule has 0 aliphatic carbocycles. The van der Waals surface area contributed by atoms with E-state index >= 15 is 0 Å². The molecule has 134 valence electrons. The fraction of sp³-hybridized carbons (Fsp3) is 0.0526. The monoisotopic (exact) mass is 360 g/mol. The predicted molar refractivity (Wildman–Crippen MR) is 101 cm³/mol. The number of carbonyl (C=O) groups is 1. The topological polar surface area (TPSA) is 112 Å². The summed E-state index contributed by atoms with van der Waals surface area (Å²) in [5.74, 6) is 0.235. The summed E-state index contributed by atoms with van der Waals surface area (Å²) in [5, 5.41) is 6.92. The summed E-state index contributed by atoms with van der Waals surface area (Å²) in [6.45, 7) is 0. The van der Waals surface area contributed by atoms with E-state index in [0.29, 0.717) is 17.1 Å². The Morgan fingerprint density at radius 2 is 1.96 bits per heavy atom. The number of hydrogen-bond acceptors (Lipinski definition) is 6. The van der Waals surface area contributed by atoms with Crippen LogP contribution in [0.15, 0.2) is 65.9 Å². The zero-order chi connectivity index (χ0) is 18.8. The minimum Gasteiger partial charge on any atom is -0.444 e. The molecule has 0 bridgehead atoms. The highest BCUT2D eigenvalue weighted by Gasteiger charge is 2.12. The van der Waals surface area contributed by atoms with Gasteiger partial charge in [-0.1, -0.05) is 6.07 Å². The van der Waals surface area contributed by atoms with Gasteiger partial charge in [0.15, 0.2) is 12.2 Å². The van der Waals surface area contributed by atoms with Gasteiger partial charge in [-0.15, -0.1) is 0 Å². The van der Waals surface area contributed by atoms with Crippen molar-refractivity contribution >= 4 is 17.3 Å². The van der Waals surface area contributed by atoms with Gasteiger partial charge in [-0.3, -0.25) is 14.5 Å². The lowest BCUT2D eigenvalue weighted by Gasteiger charge is -2.09. The van der Waals surface area contributed by atoms with Gasteiger partial charge in [-0.25, -0.2) is 4.98 Å². The third-order valence-electron chi connectivity index (χ3n) is 4.05. The number of anilines is 2. The van der Waals surface area contributed by atoms with Crippen molar-refractivity contribution in [3.05, 3.63) is 67.2 Å². The summed E-state index contributed by atoms with van der Waals surface area (Å²) in [6, 6.07) is 8.72. The second-order valence-corrected chi connectivity index (χ2v) is 5.96. The van der Waals surface area contributed by atoms with Crippen LogP contribution >= 0.6 is 0 Å². The lowest BCUT2D eigenvalue weighted by molar-refractivity contribution is 0.102. The number of hydrogen-bond donors (Lipinski definition) is 2. The Morgan fingerprint density at radius 1 is 1.11 bits per heavy atom. The van der Waals surface area contributed by atoms with Gasteiger partial charge in [0.25, 0.3) is 5.91 Å². The first kappa shape index (κ1) is 16.5. The number of amides is 1. The summed E-state index contributed by atoms with van der Waals surface area (Å²) in [7, 11) is 1.84. The average molecular weight is 360 g/mol. The standard InChI is InChI=1S/C19H16N6O2/c1-25-10-14(8-23-25)13-3-5-16(22-7-13)19(26)24-17-6-12(2-4-15(17)20)18-9-21-11-27-18/h2-11H,20H2,1H3,(H,24,26). The molecule has 4 rings (SSSR count). The molecule has 3 heterocycles. The van der Waals surface area contributed by atoms with Crippen molar-refractivity contribution in [1.29, 1.82) is 0 Å². The summed E-state index contributed by atoms with van der Waals surface area (Å²) in [6.07, 6.45) is 8.20. The molecule has 1 amide bonds. The van der Waals surface area contributed by atoms with Crippen LogP contribution in [0.2, 0.25) is 0 Å². The van der Waals surface area contributed by atoms with Crippen molar-refractivity contribution in [2.45, 2.75) is 0 Å². The van der Waals surface area contributed by atoms with Crippen LogP contribution in [0.4, 0.5) is 11.4 Å². The fourth-order valence-electron chi connectivity index (χ4n) is 2.63. The third-order valence-corrected chi connectivity index (χ3v) is 4.05. The largest absolute Gasteiger partial charge is 0.444 e. The van der Waals surface area contributed by atoms with E-state index in [9.17, 15) is 4.79 Å². The number of nitrogens with two attached hydrogens (primary N) is 1. The lowest BCUT2D eigenvalue weighted by Crippen LogP contribution is -2.14. The number of benzene rings is 1. The molecule has 0 spiro atoms. The molecule has 0 saturated heterocycles. The molecule has 3 aromatic heterocycles. The van der Waals surface area contributed by atoms with Crippen LogP contribution in [0, 0.1) is 0 Å². The third kappa shape index (κ3) is 3.40. The van der Waals surface area contributed by atoms with Gasteiger partial charge in [-0.05, 0) is 24.3 Å². The molecule has 0 unspecified atom stereocenters. The number of aryl methyl sites for hydroxylation is 1. The van der Waals surface area contributed by atoms with Gasteiger partial charge in [0.05, 0.1) is 23.8 Å². The number of nitrogens with zero attached hydrogens (tertiary/aromatic N) is 4. The Hall–Kier alpha value is -3.94. The number of nitrogen functional groups attached to an aromatic ring is 1. The minimum absolute atomic E-state index is 0.284. The molecule has 8 nitrogen and oxygen atoms in total. The highest BCUT2D eigenvalue weighted by molar-refractivity contribution is 6.05. The van der Waals surface area contributed by atoms with Gasteiger partial charge < -0.3 is 15.5 Å². The minimum atomic E-state index is -0.353. The summed E-state index contributed by atoms with van der Waals surface area (Å²) < 4.78 is 6.99. The number of aromatic nitrogens is 4. The first-order chi connectivity index (χ1) is 13.1. The summed E-state index contributed by atoms with van der Waals surface area (Å²) in [5.41, 5.74) is 9.76. The van der Waals surface area contributed by atoms with Gasteiger partial charge in [-0.2, -0.15) is 5.10 Å². The van der Waals surface area contributed by atoms with Crippen LogP contribution in [0.3, 0.4) is 0 Å². The van der Waals surface area contributed by atoms with Crippen LogP contribution in [-0.2, 0) is 7.05 Å². The first-order valence-corrected chi connectivity index (χ1v) is 8.15. The predicted octanol–water partition coefficient (Wildman–Crippen LogP) is 2.97. The zero-order valence-electron chi connectivity index (χ0n) is 14.5. The van der Waals surface area contributed by atoms with Gasteiger partial charge in [0.1, 0.15) is 5.69 Å². The molecule has 27 heavy (non-hydrogen) atoms. The van der Waals surface area contributed by atoms with E-state index in [0.717, 1.165) is 16.7 Å². The maximum absolute atomic E-state index is 12.5. The Labute approximate surface area is 154 Å². The molecule has 8 heteroatoms. The molecular weight excluding hydrogens is 344 g/mol. The van der Waals surface area contributed by atoms with Gasteiger partial charge >= 0.3 is 0 Å². The van der Waals surface area contributed by atoms with E-state index in [1.54, 1.807) is 47.5 Å². The van der Waals surface area contributed by atoms with Crippen molar-refractivity contribution in [1.82, 2.24) is 19.7 Å². The molecule has 0 aliphatic rings. The summed E-state index contributed by atoms with van der Waals surface area (Å²) >= 11 is 0. The van der Waals surface area contributed by atoms with Crippen molar-refractivity contribution in [3.63, 3.8) is 0 Å². The quantitative estimate of drug-likeness (QED) is 0.541. The molecule has 0 aliphatic heterocycles. The molecule has 4 aromatic rings. The zero-order valence-corrected chi connectivity index (χ0v) is 14.5. The van der Waals surface area contributed by atoms with Crippen LogP contribution in [0.1, 0.15) is 10.5 Å². The van der Waals surface area contributed by atoms with Crippen molar-refractivity contribution in [2.24, 2.45) is 7.05 Å². The second kappa shape index (κ2) is 6.75. The first-order valence-electron chi connectivity index (χ1n) is 8.15. The SMILES string of the molecule is Cn1cc(-c2ccc(C(=O)Nc3cc(-c4cnco4)ccc3N)nc2)cn1. The average Bonchev–Trinajstić information content (AvgIpc) is 3.35. The Kier molecular flexibility index (Phi) is 4.13. The fourth-order valence-corrected chi connectivity index (χ4v) is 2.63. The summed E-state index contributed by atoms with van der Waals surface area (Å²) in [4.78, 5) is 20.7. The van der Waals surface area contributed by atoms with E-state index in [1.165, 1.54) is 6.39 Å². The van der Waals surface area contributed by atoms with E-state index in [4.69, 9.17) is 10.2 Å². The molecule has 0 radical (unpaired) electrons.